The molecule has 1 aliphatic rings. The van der Waals surface area contributed by atoms with E-state index in [2.05, 4.69) is 22.1 Å². The van der Waals surface area contributed by atoms with Gasteiger partial charge in [-0.1, -0.05) is 18.2 Å². The standard InChI is InChI=1S/C21H21N3O2/c1-2-24-13-18(17-5-3-4-6-19(17)24)21(26)23-15-9-7-14(8-10-15)20(25)22-16-11-12-16/h3-10,13,16H,2,11-12H2,1H3,(H,22,25)(H,23,26). The van der Waals surface area contributed by atoms with Gasteiger partial charge in [0.2, 0.25) is 0 Å². The Hall–Kier alpha value is -3.08. The summed E-state index contributed by atoms with van der Waals surface area (Å²) >= 11 is 0. The molecule has 26 heavy (non-hydrogen) atoms. The molecule has 5 heteroatoms. The molecule has 2 N–H and O–H groups in total. The van der Waals surface area contributed by atoms with Gasteiger partial charge in [0.15, 0.2) is 0 Å². The molecular weight excluding hydrogens is 326 g/mol. The molecule has 3 aromatic rings. The second kappa shape index (κ2) is 6.67. The summed E-state index contributed by atoms with van der Waals surface area (Å²) in [7, 11) is 0. The molecule has 1 aromatic heterocycles. The topological polar surface area (TPSA) is 63.1 Å². The van der Waals surface area contributed by atoms with Crippen molar-refractivity contribution in [3.63, 3.8) is 0 Å². The SMILES string of the molecule is CCn1cc(C(=O)Nc2ccc(C(=O)NC3CC3)cc2)c2ccccc21. The number of hydrogen-bond acceptors (Lipinski definition) is 2. The van der Waals surface area contributed by atoms with E-state index in [9.17, 15) is 9.59 Å². The third kappa shape index (κ3) is 3.20. The van der Waals surface area contributed by atoms with Crippen LogP contribution in [0.25, 0.3) is 10.9 Å². The van der Waals surface area contributed by atoms with Crippen molar-refractivity contribution >= 4 is 28.4 Å². The summed E-state index contributed by atoms with van der Waals surface area (Å²) in [6.45, 7) is 2.86. The Kier molecular flexibility index (Phi) is 4.21. The monoisotopic (exact) mass is 347 g/mol. The van der Waals surface area contributed by atoms with Crippen LogP contribution in [0.2, 0.25) is 0 Å². The molecule has 1 fully saturated rings. The van der Waals surface area contributed by atoms with Crippen molar-refractivity contribution in [2.45, 2.75) is 32.4 Å². The predicted octanol–water partition coefficient (Wildman–Crippen LogP) is 3.81. The molecule has 0 atom stereocenters. The summed E-state index contributed by atoms with van der Waals surface area (Å²) in [4.78, 5) is 24.8. The second-order valence-corrected chi connectivity index (χ2v) is 6.63. The first-order chi connectivity index (χ1) is 12.7. The van der Waals surface area contributed by atoms with Crippen LogP contribution < -0.4 is 10.6 Å². The molecule has 132 valence electrons. The molecule has 1 saturated carbocycles. The minimum Gasteiger partial charge on any atom is -0.349 e. The van der Waals surface area contributed by atoms with Gasteiger partial charge in [0.05, 0.1) is 5.56 Å². The molecule has 5 nitrogen and oxygen atoms in total. The number of carbonyl (C=O) groups is 2. The molecule has 1 aliphatic carbocycles. The fourth-order valence-electron chi connectivity index (χ4n) is 3.09. The van der Waals surface area contributed by atoms with Gasteiger partial charge in [0.1, 0.15) is 0 Å². The van der Waals surface area contributed by atoms with E-state index in [1.807, 2.05) is 30.5 Å². The third-order valence-corrected chi connectivity index (χ3v) is 4.69. The van der Waals surface area contributed by atoms with Gasteiger partial charge < -0.3 is 15.2 Å². The number of aryl methyl sites for hydroxylation is 1. The van der Waals surface area contributed by atoms with Crippen LogP contribution in [-0.4, -0.2) is 22.4 Å². The third-order valence-electron chi connectivity index (χ3n) is 4.69. The molecule has 0 spiro atoms. The summed E-state index contributed by atoms with van der Waals surface area (Å²) in [5, 5.41) is 6.82. The molecule has 0 unspecified atom stereocenters. The number of benzene rings is 2. The smallest absolute Gasteiger partial charge is 0.257 e. The summed E-state index contributed by atoms with van der Waals surface area (Å²) in [6, 6.07) is 15.2. The number of rotatable bonds is 5. The summed E-state index contributed by atoms with van der Waals surface area (Å²) < 4.78 is 2.07. The number of hydrogen-bond donors (Lipinski definition) is 2. The van der Waals surface area contributed by atoms with E-state index in [4.69, 9.17) is 0 Å². The minimum absolute atomic E-state index is 0.0589. The average molecular weight is 347 g/mol. The van der Waals surface area contributed by atoms with Crippen LogP contribution in [0.5, 0.6) is 0 Å². The van der Waals surface area contributed by atoms with E-state index >= 15 is 0 Å². The van der Waals surface area contributed by atoms with E-state index in [0.717, 1.165) is 30.3 Å². The molecule has 4 rings (SSSR count). The summed E-state index contributed by atoms with van der Waals surface area (Å²) in [6.07, 6.45) is 4.01. The fraction of sp³-hybridized carbons (Fsp3) is 0.238. The summed E-state index contributed by atoms with van der Waals surface area (Å²) in [5.41, 5.74) is 2.98. The lowest BCUT2D eigenvalue weighted by Crippen LogP contribution is -2.25. The van der Waals surface area contributed by atoms with Crippen molar-refractivity contribution in [1.82, 2.24) is 9.88 Å². The van der Waals surface area contributed by atoms with Gasteiger partial charge in [-0.2, -0.15) is 0 Å². The Morgan fingerprint density at radius 2 is 1.77 bits per heavy atom. The maximum atomic E-state index is 12.7. The van der Waals surface area contributed by atoms with E-state index in [0.29, 0.717) is 22.9 Å². The Balaban J connectivity index is 1.52. The van der Waals surface area contributed by atoms with Crippen LogP contribution in [0, 0.1) is 0 Å². The van der Waals surface area contributed by atoms with Gasteiger partial charge in [0, 0.05) is 40.9 Å². The number of amides is 2. The highest BCUT2D eigenvalue weighted by Crippen LogP contribution is 2.23. The maximum Gasteiger partial charge on any atom is 0.257 e. The number of nitrogens with zero attached hydrogens (tertiary/aromatic N) is 1. The number of aromatic nitrogens is 1. The van der Waals surface area contributed by atoms with Crippen LogP contribution >= 0.6 is 0 Å². The molecule has 0 saturated heterocycles. The van der Waals surface area contributed by atoms with E-state index in [1.54, 1.807) is 24.3 Å². The normalized spacial score (nSPS) is 13.6. The molecule has 2 aromatic carbocycles. The Labute approximate surface area is 152 Å². The first-order valence-electron chi connectivity index (χ1n) is 8.96. The number of anilines is 1. The van der Waals surface area contributed by atoms with E-state index in [1.165, 1.54) is 0 Å². The lowest BCUT2D eigenvalue weighted by molar-refractivity contribution is 0.0950. The molecular formula is C21H21N3O2. The van der Waals surface area contributed by atoms with E-state index < -0.39 is 0 Å². The fourth-order valence-corrected chi connectivity index (χ4v) is 3.09. The Bertz CT molecular complexity index is 969. The lowest BCUT2D eigenvalue weighted by Gasteiger charge is -2.07. The second-order valence-electron chi connectivity index (χ2n) is 6.63. The zero-order valence-corrected chi connectivity index (χ0v) is 14.7. The lowest BCUT2D eigenvalue weighted by atomic mass is 10.1. The first-order valence-corrected chi connectivity index (χ1v) is 8.96. The van der Waals surface area contributed by atoms with Crippen LogP contribution in [0.4, 0.5) is 5.69 Å². The first kappa shape index (κ1) is 16.4. The van der Waals surface area contributed by atoms with Crippen molar-refractivity contribution in [2.24, 2.45) is 0 Å². The van der Waals surface area contributed by atoms with Crippen molar-refractivity contribution in [3.8, 4) is 0 Å². The van der Waals surface area contributed by atoms with Gasteiger partial charge in [-0.15, -0.1) is 0 Å². The zero-order valence-electron chi connectivity index (χ0n) is 14.7. The number of carbonyl (C=O) groups excluding carboxylic acids is 2. The quantitative estimate of drug-likeness (QED) is 0.737. The Morgan fingerprint density at radius 3 is 2.46 bits per heavy atom. The van der Waals surface area contributed by atoms with Gasteiger partial charge in [-0.05, 0) is 50.1 Å². The van der Waals surface area contributed by atoms with Crippen molar-refractivity contribution in [2.75, 3.05) is 5.32 Å². The van der Waals surface area contributed by atoms with Crippen LogP contribution in [-0.2, 0) is 6.54 Å². The number of fused-ring (bicyclic) bond motifs is 1. The largest absolute Gasteiger partial charge is 0.349 e. The van der Waals surface area contributed by atoms with Crippen molar-refractivity contribution < 1.29 is 9.59 Å². The van der Waals surface area contributed by atoms with Crippen LogP contribution in [0.1, 0.15) is 40.5 Å². The molecule has 0 radical (unpaired) electrons. The molecule has 0 aliphatic heterocycles. The highest BCUT2D eigenvalue weighted by molar-refractivity contribution is 6.13. The maximum absolute atomic E-state index is 12.7. The number of para-hydroxylation sites is 1. The van der Waals surface area contributed by atoms with Gasteiger partial charge >= 0.3 is 0 Å². The number of nitrogens with one attached hydrogen (secondary N) is 2. The summed E-state index contributed by atoms with van der Waals surface area (Å²) in [5.74, 6) is -0.208. The Morgan fingerprint density at radius 1 is 1.04 bits per heavy atom. The molecule has 1 heterocycles. The van der Waals surface area contributed by atoms with Gasteiger partial charge in [-0.25, -0.2) is 0 Å². The highest BCUT2D eigenvalue weighted by atomic mass is 16.2. The van der Waals surface area contributed by atoms with Crippen LogP contribution in [0.3, 0.4) is 0 Å². The molecule has 2 amide bonds. The minimum atomic E-state index is -0.149. The van der Waals surface area contributed by atoms with Crippen molar-refractivity contribution in [3.05, 3.63) is 65.9 Å². The van der Waals surface area contributed by atoms with Gasteiger partial charge in [-0.3, -0.25) is 9.59 Å². The average Bonchev–Trinajstić information content (AvgIpc) is 3.39. The van der Waals surface area contributed by atoms with Crippen molar-refractivity contribution in [1.29, 1.82) is 0 Å². The van der Waals surface area contributed by atoms with Gasteiger partial charge in [0.25, 0.3) is 11.8 Å². The molecule has 0 bridgehead atoms. The predicted molar refractivity (Wildman–Crippen MR) is 102 cm³/mol. The highest BCUT2D eigenvalue weighted by Gasteiger charge is 2.23. The van der Waals surface area contributed by atoms with E-state index in [-0.39, 0.29) is 11.8 Å². The van der Waals surface area contributed by atoms with Crippen LogP contribution in [0.15, 0.2) is 54.7 Å². The zero-order chi connectivity index (χ0) is 18.1.